The summed E-state index contributed by atoms with van der Waals surface area (Å²) in [5, 5.41) is 14.1. The molecule has 140 valence electrons. The maximum absolute atomic E-state index is 13.9. The molecule has 7 heteroatoms. The molecule has 0 radical (unpaired) electrons. The van der Waals surface area contributed by atoms with Gasteiger partial charge in [0.1, 0.15) is 11.5 Å². The van der Waals surface area contributed by atoms with E-state index in [0.29, 0.717) is 17.4 Å². The van der Waals surface area contributed by atoms with E-state index in [9.17, 15) is 9.18 Å². The van der Waals surface area contributed by atoms with Gasteiger partial charge in [-0.3, -0.25) is 9.89 Å². The van der Waals surface area contributed by atoms with E-state index in [4.69, 9.17) is 0 Å². The summed E-state index contributed by atoms with van der Waals surface area (Å²) in [7, 11) is 0. The van der Waals surface area contributed by atoms with Gasteiger partial charge in [-0.25, -0.2) is 9.07 Å². The molecule has 1 aliphatic rings. The first kappa shape index (κ1) is 17.5. The third-order valence-electron chi connectivity index (χ3n) is 5.03. The normalized spacial score (nSPS) is 15.0. The average molecular weight is 367 g/mol. The third-order valence-corrected chi connectivity index (χ3v) is 5.03. The van der Waals surface area contributed by atoms with Crippen molar-refractivity contribution in [2.75, 3.05) is 5.32 Å². The molecule has 3 aromatic rings. The zero-order valence-electron chi connectivity index (χ0n) is 15.0. The zero-order chi connectivity index (χ0) is 18.6. The van der Waals surface area contributed by atoms with E-state index in [1.807, 2.05) is 6.07 Å². The van der Waals surface area contributed by atoms with Crippen molar-refractivity contribution in [3.63, 3.8) is 0 Å². The lowest BCUT2D eigenvalue weighted by atomic mass is 9.86. The molecular weight excluding hydrogens is 345 g/mol. The van der Waals surface area contributed by atoms with Gasteiger partial charge in [-0.05, 0) is 30.5 Å². The van der Waals surface area contributed by atoms with Gasteiger partial charge in [0, 0.05) is 18.0 Å². The van der Waals surface area contributed by atoms with Crippen LogP contribution in [0.3, 0.4) is 0 Å². The number of rotatable bonds is 5. The standard InChI is InChI=1S/C20H22FN5O/c21-16-8-4-5-9-18(16)26-11-10-17(25-26)20(27)22-19-13-15(23-24-19)12-14-6-2-1-3-7-14/h4-5,8-11,13-14H,1-3,6-7,12H2,(H2,22,23,24,27). The number of aromatic amines is 1. The summed E-state index contributed by atoms with van der Waals surface area (Å²) in [4.78, 5) is 12.4. The Bertz CT molecular complexity index is 926. The van der Waals surface area contributed by atoms with Gasteiger partial charge in [0.05, 0.1) is 0 Å². The van der Waals surface area contributed by atoms with Crippen molar-refractivity contribution >= 4 is 11.7 Å². The van der Waals surface area contributed by atoms with Gasteiger partial charge in [0.15, 0.2) is 11.5 Å². The number of para-hydroxylation sites is 1. The maximum atomic E-state index is 13.9. The summed E-state index contributed by atoms with van der Waals surface area (Å²) in [6.45, 7) is 0. The van der Waals surface area contributed by atoms with Crippen molar-refractivity contribution in [1.82, 2.24) is 20.0 Å². The minimum absolute atomic E-state index is 0.204. The van der Waals surface area contributed by atoms with Crippen molar-refractivity contribution in [3.05, 3.63) is 59.8 Å². The van der Waals surface area contributed by atoms with E-state index in [-0.39, 0.29) is 11.6 Å². The van der Waals surface area contributed by atoms with Gasteiger partial charge in [0.2, 0.25) is 0 Å². The second-order valence-corrected chi connectivity index (χ2v) is 7.04. The molecular formula is C20H22FN5O. The fourth-order valence-electron chi connectivity index (χ4n) is 3.63. The van der Waals surface area contributed by atoms with Crippen LogP contribution in [0.5, 0.6) is 0 Å². The number of halogens is 1. The van der Waals surface area contributed by atoms with Crippen molar-refractivity contribution in [3.8, 4) is 5.69 Å². The van der Waals surface area contributed by atoms with Crippen LogP contribution in [-0.4, -0.2) is 25.9 Å². The topological polar surface area (TPSA) is 75.6 Å². The number of nitrogens with one attached hydrogen (secondary N) is 2. The van der Waals surface area contributed by atoms with Crippen LogP contribution in [0.2, 0.25) is 0 Å². The first-order chi connectivity index (χ1) is 13.2. The number of anilines is 1. The van der Waals surface area contributed by atoms with E-state index in [0.717, 1.165) is 12.1 Å². The van der Waals surface area contributed by atoms with Crippen LogP contribution >= 0.6 is 0 Å². The van der Waals surface area contributed by atoms with Crippen LogP contribution in [0.15, 0.2) is 42.6 Å². The highest BCUT2D eigenvalue weighted by Gasteiger charge is 2.17. The average Bonchev–Trinajstić information content (AvgIpc) is 3.33. The Morgan fingerprint density at radius 1 is 1.22 bits per heavy atom. The molecule has 0 aliphatic heterocycles. The summed E-state index contributed by atoms with van der Waals surface area (Å²) >= 11 is 0. The van der Waals surface area contributed by atoms with Crippen LogP contribution in [0.25, 0.3) is 5.69 Å². The highest BCUT2D eigenvalue weighted by Crippen LogP contribution is 2.26. The predicted molar refractivity (Wildman–Crippen MR) is 100 cm³/mol. The molecule has 1 fully saturated rings. The lowest BCUT2D eigenvalue weighted by Gasteiger charge is -2.20. The van der Waals surface area contributed by atoms with Crippen LogP contribution in [0, 0.1) is 11.7 Å². The van der Waals surface area contributed by atoms with Crippen LogP contribution in [0.4, 0.5) is 10.2 Å². The van der Waals surface area contributed by atoms with Crippen LogP contribution in [0.1, 0.15) is 48.3 Å². The Morgan fingerprint density at radius 2 is 2.04 bits per heavy atom. The minimum atomic E-state index is -0.396. The molecule has 1 amide bonds. The fourth-order valence-corrected chi connectivity index (χ4v) is 3.63. The van der Waals surface area contributed by atoms with Crippen LogP contribution < -0.4 is 5.32 Å². The Labute approximate surface area is 156 Å². The maximum Gasteiger partial charge on any atom is 0.277 e. The number of H-pyrrole nitrogens is 1. The SMILES string of the molecule is O=C(Nc1cc(CC2CCCCC2)[nH]n1)c1ccn(-c2ccccc2F)n1. The van der Waals surface area contributed by atoms with Gasteiger partial charge in [0.25, 0.3) is 5.91 Å². The molecule has 2 aromatic heterocycles. The Balaban J connectivity index is 1.40. The Kier molecular flexibility index (Phi) is 5.00. The second-order valence-electron chi connectivity index (χ2n) is 7.04. The van der Waals surface area contributed by atoms with Gasteiger partial charge in [-0.1, -0.05) is 44.2 Å². The quantitative estimate of drug-likeness (QED) is 0.712. The van der Waals surface area contributed by atoms with E-state index in [2.05, 4.69) is 20.6 Å². The van der Waals surface area contributed by atoms with Gasteiger partial charge in [-0.15, -0.1) is 0 Å². The molecule has 0 unspecified atom stereocenters. The van der Waals surface area contributed by atoms with E-state index < -0.39 is 5.82 Å². The number of amides is 1. The van der Waals surface area contributed by atoms with Crippen molar-refractivity contribution in [2.45, 2.75) is 38.5 Å². The molecule has 1 saturated carbocycles. The number of benzene rings is 1. The molecule has 27 heavy (non-hydrogen) atoms. The first-order valence-electron chi connectivity index (χ1n) is 9.35. The molecule has 2 heterocycles. The molecule has 0 saturated heterocycles. The van der Waals surface area contributed by atoms with Crippen molar-refractivity contribution < 1.29 is 9.18 Å². The number of hydrogen-bond acceptors (Lipinski definition) is 3. The van der Waals surface area contributed by atoms with Gasteiger partial charge in [-0.2, -0.15) is 10.2 Å². The lowest BCUT2D eigenvalue weighted by molar-refractivity contribution is 0.102. The van der Waals surface area contributed by atoms with Crippen molar-refractivity contribution in [2.24, 2.45) is 5.92 Å². The summed E-state index contributed by atoms with van der Waals surface area (Å²) in [5.74, 6) is 0.401. The fraction of sp³-hybridized carbons (Fsp3) is 0.350. The molecule has 6 nitrogen and oxygen atoms in total. The van der Waals surface area contributed by atoms with Crippen molar-refractivity contribution in [1.29, 1.82) is 0 Å². The summed E-state index contributed by atoms with van der Waals surface area (Å²) in [6, 6.07) is 9.72. The summed E-state index contributed by atoms with van der Waals surface area (Å²) < 4.78 is 15.2. The minimum Gasteiger partial charge on any atom is -0.304 e. The highest BCUT2D eigenvalue weighted by atomic mass is 19.1. The molecule has 0 spiro atoms. The molecule has 0 atom stereocenters. The van der Waals surface area contributed by atoms with Crippen LogP contribution in [-0.2, 0) is 6.42 Å². The molecule has 2 N–H and O–H groups in total. The number of hydrogen-bond donors (Lipinski definition) is 2. The number of carbonyl (C=O) groups excluding carboxylic acids is 1. The van der Waals surface area contributed by atoms with Gasteiger partial charge >= 0.3 is 0 Å². The molecule has 1 aliphatic carbocycles. The van der Waals surface area contributed by atoms with E-state index in [1.165, 1.54) is 42.9 Å². The first-order valence-corrected chi connectivity index (χ1v) is 9.35. The summed E-state index contributed by atoms with van der Waals surface area (Å²) in [6.07, 6.45) is 8.97. The third kappa shape index (κ3) is 4.07. The Morgan fingerprint density at radius 3 is 2.85 bits per heavy atom. The van der Waals surface area contributed by atoms with Gasteiger partial charge < -0.3 is 5.32 Å². The zero-order valence-corrected chi connectivity index (χ0v) is 15.0. The smallest absolute Gasteiger partial charge is 0.277 e. The lowest BCUT2D eigenvalue weighted by Crippen LogP contribution is -2.13. The predicted octanol–water partition coefficient (Wildman–Crippen LogP) is 4.11. The number of aromatic nitrogens is 4. The highest BCUT2D eigenvalue weighted by molar-refractivity contribution is 6.02. The Hall–Kier alpha value is -2.96. The summed E-state index contributed by atoms with van der Waals surface area (Å²) in [5.41, 5.74) is 1.54. The number of nitrogens with zero attached hydrogens (tertiary/aromatic N) is 3. The molecule has 1 aromatic carbocycles. The van der Waals surface area contributed by atoms with E-state index >= 15 is 0 Å². The van der Waals surface area contributed by atoms with E-state index in [1.54, 1.807) is 30.5 Å². The monoisotopic (exact) mass is 367 g/mol. The number of carbonyl (C=O) groups is 1. The second kappa shape index (κ2) is 7.73. The largest absolute Gasteiger partial charge is 0.304 e. The molecule has 0 bridgehead atoms. The molecule has 4 rings (SSSR count).